The lowest BCUT2D eigenvalue weighted by Gasteiger charge is -2.29. The van der Waals surface area contributed by atoms with Gasteiger partial charge in [-0.15, -0.1) is 0 Å². The van der Waals surface area contributed by atoms with Gasteiger partial charge in [-0.2, -0.15) is 14.6 Å². The molecule has 4 rings (SSSR count). The molecule has 0 aliphatic carbocycles. The van der Waals surface area contributed by atoms with Crippen molar-refractivity contribution in [2.45, 2.75) is 32.2 Å². The topological polar surface area (TPSA) is 119 Å². The average molecular weight is 409 g/mol. The number of nitrogens with zero attached hydrogens (tertiary/aromatic N) is 6. The molecule has 1 atom stereocenters. The number of carbonyl (C=O) groups is 1. The fourth-order valence-corrected chi connectivity index (χ4v) is 3.77. The summed E-state index contributed by atoms with van der Waals surface area (Å²) < 4.78 is 1.38. The van der Waals surface area contributed by atoms with Gasteiger partial charge >= 0.3 is 0 Å². The number of likely N-dealkylation sites (tertiary alicyclic amines) is 1. The predicted octanol–water partition coefficient (Wildman–Crippen LogP) is 2.30. The Labute approximate surface area is 173 Å². The Kier molecular flexibility index (Phi) is 5.66. The van der Waals surface area contributed by atoms with Crippen LogP contribution in [0.2, 0.25) is 0 Å². The first kappa shape index (κ1) is 19.9. The third-order valence-electron chi connectivity index (χ3n) is 5.20. The Morgan fingerprint density at radius 1 is 1.27 bits per heavy atom. The normalized spacial score (nSPS) is 15.8. The molecular weight excluding hydrogens is 386 g/mol. The zero-order valence-electron chi connectivity index (χ0n) is 16.7. The summed E-state index contributed by atoms with van der Waals surface area (Å²) >= 11 is 0. The summed E-state index contributed by atoms with van der Waals surface area (Å²) in [4.78, 5) is 34.5. The van der Waals surface area contributed by atoms with Gasteiger partial charge in [0.1, 0.15) is 12.0 Å². The Balaban J connectivity index is 1.60. The minimum Gasteiger partial charge on any atom is -0.347 e. The second-order valence-electron chi connectivity index (χ2n) is 7.54. The molecule has 0 spiro atoms. The maximum absolute atomic E-state index is 13.0. The lowest BCUT2D eigenvalue weighted by Crippen LogP contribution is -2.44. The van der Waals surface area contributed by atoms with E-state index in [0.29, 0.717) is 11.3 Å². The number of nitrogens with one attached hydrogen (secondary N) is 1. The largest absolute Gasteiger partial charge is 0.347 e. The van der Waals surface area contributed by atoms with Crippen LogP contribution in [0.15, 0.2) is 36.7 Å². The van der Waals surface area contributed by atoms with Crippen molar-refractivity contribution >= 4 is 17.4 Å². The fraction of sp³-hybridized carbons (Fsp3) is 0.400. The van der Waals surface area contributed by atoms with Crippen molar-refractivity contribution in [3.05, 3.63) is 52.5 Å². The van der Waals surface area contributed by atoms with E-state index in [4.69, 9.17) is 0 Å². The van der Waals surface area contributed by atoms with Crippen LogP contribution in [0.25, 0.3) is 17.0 Å². The molecule has 0 bridgehead atoms. The summed E-state index contributed by atoms with van der Waals surface area (Å²) in [5, 5.41) is 18.2. The maximum atomic E-state index is 13.0. The van der Waals surface area contributed by atoms with Crippen molar-refractivity contribution in [3.63, 3.8) is 0 Å². The van der Waals surface area contributed by atoms with Crippen LogP contribution in [0.4, 0.5) is 5.69 Å². The number of hydrogen-bond donors (Lipinski definition) is 1. The summed E-state index contributed by atoms with van der Waals surface area (Å²) in [7, 11) is 0. The summed E-state index contributed by atoms with van der Waals surface area (Å²) in [6, 6.07) is 7.68. The first-order valence-electron chi connectivity index (χ1n) is 10.00. The van der Waals surface area contributed by atoms with Crippen molar-refractivity contribution in [2.75, 3.05) is 19.6 Å². The second-order valence-corrected chi connectivity index (χ2v) is 7.54. The third-order valence-corrected chi connectivity index (χ3v) is 5.20. The number of amides is 1. The molecule has 1 fully saturated rings. The first-order valence-corrected chi connectivity index (χ1v) is 10.00. The van der Waals surface area contributed by atoms with Crippen molar-refractivity contribution < 1.29 is 9.72 Å². The van der Waals surface area contributed by atoms with Crippen LogP contribution in [0.1, 0.15) is 36.7 Å². The van der Waals surface area contributed by atoms with Gasteiger partial charge in [0.15, 0.2) is 0 Å². The number of aromatic nitrogens is 4. The molecule has 0 saturated carbocycles. The average Bonchev–Trinajstić information content (AvgIpc) is 3.22. The minimum atomic E-state index is -0.463. The van der Waals surface area contributed by atoms with Gasteiger partial charge in [0.05, 0.1) is 10.6 Å². The fourth-order valence-electron chi connectivity index (χ4n) is 3.77. The molecule has 3 aromatic rings. The highest BCUT2D eigenvalue weighted by Gasteiger charge is 2.20. The highest BCUT2D eigenvalue weighted by Crippen LogP contribution is 2.23. The third kappa shape index (κ3) is 4.28. The summed E-state index contributed by atoms with van der Waals surface area (Å²) in [5.41, 5.74) is 1.19. The van der Waals surface area contributed by atoms with E-state index in [2.05, 4.69) is 25.3 Å². The maximum Gasteiger partial charge on any atom is 0.270 e. The lowest BCUT2D eigenvalue weighted by molar-refractivity contribution is -0.384. The summed E-state index contributed by atoms with van der Waals surface area (Å²) in [6.45, 7) is 4.88. The molecule has 1 saturated heterocycles. The molecule has 2 aromatic heterocycles. The number of benzene rings is 1. The zero-order chi connectivity index (χ0) is 21.1. The lowest BCUT2D eigenvalue weighted by atomic mass is 10.1. The van der Waals surface area contributed by atoms with E-state index in [1.54, 1.807) is 18.2 Å². The van der Waals surface area contributed by atoms with E-state index in [0.717, 1.165) is 19.6 Å². The number of piperidine rings is 1. The van der Waals surface area contributed by atoms with E-state index >= 15 is 0 Å². The number of hydrogen-bond acceptors (Lipinski definition) is 7. The molecule has 1 unspecified atom stereocenters. The molecule has 30 heavy (non-hydrogen) atoms. The predicted molar refractivity (Wildman–Crippen MR) is 110 cm³/mol. The Hall–Kier alpha value is -3.40. The number of carbonyl (C=O) groups excluding carboxylic acids is 1. The molecular formula is C20H23N7O3. The van der Waals surface area contributed by atoms with E-state index in [1.807, 2.05) is 6.92 Å². The molecule has 1 amide bonds. The van der Waals surface area contributed by atoms with Gasteiger partial charge in [-0.05, 0) is 38.9 Å². The molecule has 1 aliphatic heterocycles. The number of nitro benzene ring substituents is 1. The van der Waals surface area contributed by atoms with E-state index in [1.165, 1.54) is 42.2 Å². The molecule has 10 nitrogen and oxygen atoms in total. The van der Waals surface area contributed by atoms with Gasteiger partial charge < -0.3 is 10.2 Å². The van der Waals surface area contributed by atoms with Gasteiger partial charge in [0, 0.05) is 30.3 Å². The van der Waals surface area contributed by atoms with Gasteiger partial charge in [-0.1, -0.05) is 18.6 Å². The number of fused-ring (bicyclic) bond motifs is 1. The molecule has 3 heterocycles. The highest BCUT2D eigenvalue weighted by molar-refractivity contribution is 5.94. The minimum absolute atomic E-state index is 0.0383. The Morgan fingerprint density at radius 3 is 2.83 bits per heavy atom. The van der Waals surface area contributed by atoms with Gasteiger partial charge in [0.2, 0.25) is 0 Å². The van der Waals surface area contributed by atoms with Crippen molar-refractivity contribution in [3.8, 4) is 11.3 Å². The molecule has 1 aromatic carbocycles. The number of rotatable bonds is 6. The van der Waals surface area contributed by atoms with Gasteiger partial charge in [0.25, 0.3) is 17.4 Å². The van der Waals surface area contributed by atoms with E-state index < -0.39 is 4.92 Å². The number of nitro groups is 1. The smallest absolute Gasteiger partial charge is 0.270 e. The molecule has 156 valence electrons. The van der Waals surface area contributed by atoms with Crippen molar-refractivity contribution in [1.82, 2.24) is 29.8 Å². The first-order chi connectivity index (χ1) is 14.5. The van der Waals surface area contributed by atoms with Crippen LogP contribution in [0, 0.1) is 10.1 Å². The molecule has 1 N–H and O–H groups in total. The van der Waals surface area contributed by atoms with Crippen LogP contribution >= 0.6 is 0 Å². The highest BCUT2D eigenvalue weighted by atomic mass is 16.6. The quantitative estimate of drug-likeness (QED) is 0.490. The summed E-state index contributed by atoms with van der Waals surface area (Å²) in [5.74, 6) is -0.0306. The van der Waals surface area contributed by atoms with Crippen molar-refractivity contribution in [2.24, 2.45) is 0 Å². The van der Waals surface area contributed by atoms with Crippen LogP contribution < -0.4 is 5.32 Å². The Bertz CT molecular complexity index is 1080. The zero-order valence-corrected chi connectivity index (χ0v) is 16.7. The second kappa shape index (κ2) is 8.54. The molecule has 1 aliphatic rings. The molecule has 0 radical (unpaired) electrons. The van der Waals surface area contributed by atoms with Crippen LogP contribution in [0.3, 0.4) is 0 Å². The van der Waals surface area contributed by atoms with Gasteiger partial charge in [-0.3, -0.25) is 14.9 Å². The monoisotopic (exact) mass is 409 g/mol. The van der Waals surface area contributed by atoms with Crippen LogP contribution in [-0.4, -0.2) is 61.0 Å². The van der Waals surface area contributed by atoms with Crippen LogP contribution in [-0.2, 0) is 0 Å². The Morgan fingerprint density at radius 2 is 2.07 bits per heavy atom. The SMILES string of the molecule is CC(CN1CCCCC1)NC(=O)c1cc(-c2cccc([N+](=O)[O-])c2)nc2ncnn12. The standard InChI is InChI=1S/C20H23N7O3/c1-14(12-25-8-3-2-4-9-25)23-19(28)18-11-17(24-20-21-13-22-26(18)20)15-6-5-7-16(10-15)27(29)30/h5-7,10-11,13-14H,2-4,8-9,12H2,1H3,(H,23,28). The summed E-state index contributed by atoms with van der Waals surface area (Å²) in [6.07, 6.45) is 4.97. The molecule has 10 heteroatoms. The number of non-ortho nitro benzene ring substituents is 1. The van der Waals surface area contributed by atoms with E-state index in [-0.39, 0.29) is 29.1 Å². The van der Waals surface area contributed by atoms with Crippen molar-refractivity contribution in [1.29, 1.82) is 0 Å². The van der Waals surface area contributed by atoms with E-state index in [9.17, 15) is 14.9 Å². The van der Waals surface area contributed by atoms with Crippen LogP contribution in [0.5, 0.6) is 0 Å². The van der Waals surface area contributed by atoms with Gasteiger partial charge in [-0.25, -0.2) is 4.98 Å².